The Morgan fingerprint density at radius 3 is 2.59 bits per heavy atom. The van der Waals surface area contributed by atoms with Crippen molar-refractivity contribution in [2.45, 2.75) is 37.8 Å². The Hall–Kier alpha value is -3.21. The highest BCUT2D eigenvalue weighted by Gasteiger charge is 2.38. The molecule has 11 heteroatoms. The first kappa shape index (κ1) is 20.7. The third-order valence-corrected chi connectivity index (χ3v) is 5.87. The Labute approximate surface area is 180 Å². The van der Waals surface area contributed by atoms with Gasteiger partial charge in [0.1, 0.15) is 5.82 Å². The minimum Gasteiger partial charge on any atom is -0.399 e. The molecule has 3 aromatic rings. The lowest BCUT2D eigenvalue weighted by Gasteiger charge is -2.47. The van der Waals surface area contributed by atoms with E-state index in [4.69, 9.17) is 10.5 Å². The SMILES string of the molecule is C[C@@H](Nc1cnnc2ncc(N3CC4CC(C3)O4)cc12)c1cc(N)cc(C(F)(F)F)c1F. The molecule has 0 amide bonds. The fourth-order valence-corrected chi connectivity index (χ4v) is 4.29. The highest BCUT2D eigenvalue weighted by Crippen LogP contribution is 2.37. The standard InChI is InChI=1S/C21H20F4N6O/c1-10(15-2-11(26)3-17(19(15)22)21(23,24)25)29-18-7-28-30-20-16(18)4-12(6-27-20)31-8-13-5-14(9-31)32-13/h2-4,6-7,10,13-14H,5,8-9,26H2,1H3,(H,27,29,30)/t10-,13?,14?/m1/s1. The van der Waals surface area contributed by atoms with Crippen LogP contribution in [0.15, 0.2) is 30.6 Å². The highest BCUT2D eigenvalue weighted by atomic mass is 19.4. The Balaban J connectivity index is 1.47. The molecule has 3 saturated heterocycles. The molecule has 0 radical (unpaired) electrons. The van der Waals surface area contributed by atoms with Gasteiger partial charge in [0.2, 0.25) is 0 Å². The molecule has 0 aliphatic carbocycles. The average Bonchev–Trinajstić information content (AvgIpc) is 2.74. The predicted molar refractivity (Wildman–Crippen MR) is 111 cm³/mol. The molecular weight excluding hydrogens is 428 g/mol. The number of pyridine rings is 1. The normalized spacial score (nSPS) is 21.3. The fourth-order valence-electron chi connectivity index (χ4n) is 4.29. The van der Waals surface area contributed by atoms with Crippen molar-refractivity contribution < 1.29 is 22.3 Å². The zero-order valence-corrected chi connectivity index (χ0v) is 17.0. The predicted octanol–water partition coefficient (Wildman–Crippen LogP) is 3.92. The van der Waals surface area contributed by atoms with Gasteiger partial charge in [0.05, 0.1) is 47.6 Å². The van der Waals surface area contributed by atoms with Crippen molar-refractivity contribution >= 4 is 28.1 Å². The van der Waals surface area contributed by atoms with Gasteiger partial charge in [0.15, 0.2) is 5.65 Å². The number of ether oxygens (including phenoxy) is 1. The summed E-state index contributed by atoms with van der Waals surface area (Å²) >= 11 is 0. The molecule has 3 aliphatic heterocycles. The van der Waals surface area contributed by atoms with Gasteiger partial charge in [-0.05, 0) is 25.1 Å². The van der Waals surface area contributed by atoms with E-state index in [0.29, 0.717) is 22.8 Å². The maximum atomic E-state index is 14.7. The van der Waals surface area contributed by atoms with Gasteiger partial charge in [0, 0.05) is 36.1 Å². The number of aromatic nitrogens is 3. The largest absolute Gasteiger partial charge is 0.419 e. The Kier molecular flexibility index (Phi) is 4.81. The number of hydrogen-bond acceptors (Lipinski definition) is 7. The number of halogens is 4. The molecule has 2 bridgehead atoms. The number of nitrogens with one attached hydrogen (secondary N) is 1. The van der Waals surface area contributed by atoms with Gasteiger partial charge in [0.25, 0.3) is 0 Å². The van der Waals surface area contributed by atoms with Crippen molar-refractivity contribution in [1.29, 1.82) is 0 Å². The minimum atomic E-state index is -4.85. The molecule has 1 aromatic carbocycles. The summed E-state index contributed by atoms with van der Waals surface area (Å²) in [5, 5.41) is 11.6. The van der Waals surface area contributed by atoms with Crippen LogP contribution >= 0.6 is 0 Å². The molecule has 0 spiro atoms. The zero-order valence-electron chi connectivity index (χ0n) is 17.0. The van der Waals surface area contributed by atoms with Crippen LogP contribution in [0.2, 0.25) is 0 Å². The molecule has 7 nitrogen and oxygen atoms in total. The summed E-state index contributed by atoms with van der Waals surface area (Å²) in [5.41, 5.74) is 5.59. The summed E-state index contributed by atoms with van der Waals surface area (Å²) in [5.74, 6) is -1.36. The van der Waals surface area contributed by atoms with E-state index in [2.05, 4.69) is 25.4 Å². The van der Waals surface area contributed by atoms with E-state index < -0.39 is 23.6 Å². The van der Waals surface area contributed by atoms with E-state index in [0.717, 1.165) is 25.2 Å². The number of morpholine rings is 1. The maximum Gasteiger partial charge on any atom is 0.419 e. The average molecular weight is 448 g/mol. The maximum absolute atomic E-state index is 14.7. The lowest BCUT2D eigenvalue weighted by Crippen LogP contribution is -2.57. The van der Waals surface area contributed by atoms with Gasteiger partial charge in [-0.15, -0.1) is 5.10 Å². The van der Waals surface area contributed by atoms with E-state index in [1.165, 1.54) is 12.3 Å². The Bertz CT molecular complexity index is 1170. The van der Waals surface area contributed by atoms with Crippen LogP contribution in [-0.2, 0) is 10.9 Å². The number of piperidine rings is 1. The number of anilines is 3. The van der Waals surface area contributed by atoms with Gasteiger partial charge in [-0.25, -0.2) is 9.37 Å². The topological polar surface area (TPSA) is 89.2 Å². The van der Waals surface area contributed by atoms with Crippen LogP contribution in [0.4, 0.5) is 34.6 Å². The minimum absolute atomic E-state index is 0.171. The number of nitrogens with zero attached hydrogens (tertiary/aromatic N) is 4. The van der Waals surface area contributed by atoms with Crippen molar-refractivity contribution in [2.75, 3.05) is 29.0 Å². The fraction of sp³-hybridized carbons (Fsp3) is 0.381. The highest BCUT2D eigenvalue weighted by molar-refractivity contribution is 5.90. The Morgan fingerprint density at radius 2 is 1.91 bits per heavy atom. The second-order valence-corrected chi connectivity index (χ2v) is 8.18. The zero-order chi connectivity index (χ0) is 22.6. The molecule has 3 aliphatic rings. The number of rotatable bonds is 4. The number of alkyl halides is 3. The number of nitrogen functional groups attached to an aromatic ring is 1. The van der Waals surface area contributed by atoms with Gasteiger partial charge in [-0.3, -0.25) is 0 Å². The van der Waals surface area contributed by atoms with E-state index in [1.54, 1.807) is 13.1 Å². The molecule has 5 heterocycles. The molecule has 3 atom stereocenters. The van der Waals surface area contributed by atoms with Crippen molar-refractivity contribution in [3.8, 4) is 0 Å². The van der Waals surface area contributed by atoms with Gasteiger partial charge in [-0.2, -0.15) is 18.3 Å². The first-order valence-electron chi connectivity index (χ1n) is 10.1. The first-order chi connectivity index (χ1) is 15.2. The number of fused-ring (bicyclic) bond motifs is 3. The molecule has 168 valence electrons. The van der Waals surface area contributed by atoms with Crippen LogP contribution in [-0.4, -0.2) is 40.5 Å². The van der Waals surface area contributed by atoms with Crippen LogP contribution in [0.1, 0.15) is 30.5 Å². The summed E-state index contributed by atoms with van der Waals surface area (Å²) in [7, 11) is 0. The monoisotopic (exact) mass is 448 g/mol. The summed E-state index contributed by atoms with van der Waals surface area (Å²) in [4.78, 5) is 6.55. The summed E-state index contributed by atoms with van der Waals surface area (Å²) in [6.45, 7) is 3.07. The van der Waals surface area contributed by atoms with E-state index in [1.807, 2.05) is 6.07 Å². The molecule has 6 rings (SSSR count). The molecule has 2 unspecified atom stereocenters. The number of nitrogens with two attached hydrogens (primary N) is 1. The van der Waals surface area contributed by atoms with E-state index in [9.17, 15) is 17.6 Å². The molecule has 32 heavy (non-hydrogen) atoms. The molecule has 3 N–H and O–H groups in total. The van der Waals surface area contributed by atoms with E-state index in [-0.39, 0.29) is 23.5 Å². The molecular formula is C21H20F4N6O. The lowest BCUT2D eigenvalue weighted by molar-refractivity contribution is -0.140. The summed E-state index contributed by atoms with van der Waals surface area (Å²) < 4.78 is 60.0. The third-order valence-electron chi connectivity index (χ3n) is 5.87. The van der Waals surface area contributed by atoms with Crippen molar-refractivity contribution in [1.82, 2.24) is 15.2 Å². The Morgan fingerprint density at radius 1 is 1.19 bits per heavy atom. The number of hydrogen-bond donors (Lipinski definition) is 2. The summed E-state index contributed by atoms with van der Waals surface area (Å²) in [6, 6.07) is 2.86. The molecule has 2 aromatic heterocycles. The van der Waals surface area contributed by atoms with Crippen LogP contribution in [0.5, 0.6) is 0 Å². The second kappa shape index (κ2) is 7.44. The van der Waals surface area contributed by atoms with Crippen LogP contribution in [0, 0.1) is 5.82 Å². The first-order valence-corrected chi connectivity index (χ1v) is 10.1. The summed E-state index contributed by atoms with van der Waals surface area (Å²) in [6.07, 6.45) is -0.216. The van der Waals surface area contributed by atoms with Crippen LogP contribution in [0.3, 0.4) is 0 Å². The molecule has 0 saturated carbocycles. The second-order valence-electron chi connectivity index (χ2n) is 8.18. The number of benzene rings is 1. The molecule has 3 fully saturated rings. The van der Waals surface area contributed by atoms with Gasteiger partial charge < -0.3 is 20.7 Å². The van der Waals surface area contributed by atoms with E-state index >= 15 is 0 Å². The van der Waals surface area contributed by atoms with Crippen LogP contribution < -0.4 is 16.0 Å². The third kappa shape index (κ3) is 3.66. The van der Waals surface area contributed by atoms with Crippen LogP contribution in [0.25, 0.3) is 11.0 Å². The van der Waals surface area contributed by atoms with Crippen molar-refractivity contribution in [3.05, 3.63) is 47.5 Å². The van der Waals surface area contributed by atoms with Crippen molar-refractivity contribution in [2.24, 2.45) is 0 Å². The lowest BCUT2D eigenvalue weighted by atomic mass is 9.98. The van der Waals surface area contributed by atoms with Gasteiger partial charge >= 0.3 is 6.18 Å². The van der Waals surface area contributed by atoms with Crippen molar-refractivity contribution in [3.63, 3.8) is 0 Å². The quantitative estimate of drug-likeness (QED) is 0.462. The van der Waals surface area contributed by atoms with Gasteiger partial charge in [-0.1, -0.05) is 0 Å². The smallest absolute Gasteiger partial charge is 0.399 e.